The molecule has 4 rings (SSSR count). The zero-order chi connectivity index (χ0) is 47.8. The number of aromatic nitrogens is 4. The second-order valence-electron chi connectivity index (χ2n) is 18.4. The topological polar surface area (TPSA) is 296 Å². The van der Waals surface area contributed by atoms with Gasteiger partial charge in [0.1, 0.15) is 35.8 Å². The molecule has 0 spiro atoms. The molecule has 3 heterocycles. The van der Waals surface area contributed by atoms with E-state index in [0.29, 0.717) is 29.8 Å². The van der Waals surface area contributed by atoms with E-state index >= 15 is 0 Å². The van der Waals surface area contributed by atoms with Gasteiger partial charge >= 0.3 is 6.09 Å². The van der Waals surface area contributed by atoms with Gasteiger partial charge in [-0.2, -0.15) is 0 Å². The summed E-state index contributed by atoms with van der Waals surface area (Å²) in [6, 6.07) is 2.47. The summed E-state index contributed by atoms with van der Waals surface area (Å²) >= 11 is 0. The summed E-state index contributed by atoms with van der Waals surface area (Å²) < 4.78 is 5.44. The highest BCUT2D eigenvalue weighted by molar-refractivity contribution is 5.96. The Hall–Kier alpha value is -6.31. The van der Waals surface area contributed by atoms with Crippen LogP contribution in [0.3, 0.4) is 0 Å². The number of aliphatic hydroxyl groups excluding tert-OH is 1. The summed E-state index contributed by atoms with van der Waals surface area (Å²) in [5.41, 5.74) is 6.45. The van der Waals surface area contributed by atoms with Crippen LogP contribution in [0, 0.1) is 11.8 Å². The van der Waals surface area contributed by atoms with E-state index < -0.39 is 95.9 Å². The number of carbonyl (C=O) groups is 7. The van der Waals surface area contributed by atoms with Gasteiger partial charge < -0.3 is 57.0 Å². The van der Waals surface area contributed by atoms with Crippen molar-refractivity contribution in [3.8, 4) is 0 Å². The second kappa shape index (κ2) is 24.1. The molecule has 0 bridgehead atoms. The number of imidazole rings is 2. The molecule has 1 aliphatic rings. The molecule has 0 radical (unpaired) electrons. The molecule has 1 fully saturated rings. The molecule has 65 heavy (non-hydrogen) atoms. The Morgan fingerprint density at radius 3 is 1.92 bits per heavy atom. The molecule has 3 aromatic rings. The molecular weight excluding hydrogens is 839 g/mol. The van der Waals surface area contributed by atoms with Gasteiger partial charge in [-0.1, -0.05) is 58.0 Å². The predicted molar refractivity (Wildman–Crippen MR) is 239 cm³/mol. The van der Waals surface area contributed by atoms with Crippen molar-refractivity contribution >= 4 is 41.5 Å². The molecule has 2 aromatic heterocycles. The fourth-order valence-electron chi connectivity index (χ4n) is 7.60. The van der Waals surface area contributed by atoms with Crippen LogP contribution in [0.5, 0.6) is 0 Å². The number of rotatable bonds is 23. The van der Waals surface area contributed by atoms with Crippen molar-refractivity contribution in [2.24, 2.45) is 17.6 Å². The van der Waals surface area contributed by atoms with Crippen molar-refractivity contribution in [1.82, 2.24) is 51.4 Å². The number of nitrogens with zero attached hydrogens (tertiary/aromatic N) is 3. The quantitative estimate of drug-likeness (QED) is 0.0654. The molecule has 1 aromatic carbocycles. The Morgan fingerprint density at radius 2 is 1.37 bits per heavy atom. The minimum absolute atomic E-state index is 0.0209. The van der Waals surface area contributed by atoms with Crippen LogP contribution in [0.1, 0.15) is 97.5 Å². The lowest BCUT2D eigenvalue weighted by Crippen LogP contribution is -2.59. The molecule has 20 nitrogen and oxygen atoms in total. The van der Waals surface area contributed by atoms with Crippen LogP contribution in [0.15, 0.2) is 55.4 Å². The zero-order valence-electron chi connectivity index (χ0n) is 38.4. The molecule has 1 aliphatic heterocycles. The lowest BCUT2D eigenvalue weighted by Gasteiger charge is -2.31. The molecule has 20 heteroatoms. The highest BCUT2D eigenvalue weighted by Gasteiger charge is 2.40. The van der Waals surface area contributed by atoms with Gasteiger partial charge in [-0.3, -0.25) is 28.8 Å². The fraction of sp³-hybridized carbons (Fsp3) is 0.578. The Morgan fingerprint density at radius 1 is 0.785 bits per heavy atom. The van der Waals surface area contributed by atoms with Gasteiger partial charge in [-0.15, -0.1) is 0 Å². The predicted octanol–water partition coefficient (Wildman–Crippen LogP) is 1.31. The molecule has 10 N–H and O–H groups in total. The van der Waals surface area contributed by atoms with Crippen LogP contribution in [-0.2, 0) is 52.8 Å². The average molecular weight is 906 g/mol. The number of aliphatic hydroxyl groups is 1. The summed E-state index contributed by atoms with van der Waals surface area (Å²) in [5.74, 6) is -3.83. The minimum atomic E-state index is -1.38. The molecule has 0 saturated carbocycles. The van der Waals surface area contributed by atoms with Gasteiger partial charge in [0, 0.05) is 49.6 Å². The van der Waals surface area contributed by atoms with Crippen LogP contribution < -0.4 is 32.3 Å². The zero-order valence-corrected chi connectivity index (χ0v) is 38.4. The molecule has 1 saturated heterocycles. The number of aromatic amines is 2. The van der Waals surface area contributed by atoms with E-state index in [9.17, 15) is 38.7 Å². The van der Waals surface area contributed by atoms with Crippen molar-refractivity contribution in [1.29, 1.82) is 0 Å². The first-order valence-electron chi connectivity index (χ1n) is 22.1. The maximum Gasteiger partial charge on any atom is 0.408 e. The number of alkyl carbamates (subject to hydrolysis) is 1. The Labute approximate surface area is 379 Å². The van der Waals surface area contributed by atoms with Crippen LogP contribution in [0.2, 0.25) is 0 Å². The van der Waals surface area contributed by atoms with Crippen molar-refractivity contribution in [3.05, 3.63) is 72.3 Å². The van der Waals surface area contributed by atoms with Gasteiger partial charge in [0.15, 0.2) is 0 Å². The third kappa shape index (κ3) is 17.0. The average Bonchev–Trinajstić information content (AvgIpc) is 4.03. The third-order valence-electron chi connectivity index (χ3n) is 10.6. The maximum absolute atomic E-state index is 14.4. The van der Waals surface area contributed by atoms with E-state index in [0.717, 1.165) is 0 Å². The van der Waals surface area contributed by atoms with E-state index in [2.05, 4.69) is 46.5 Å². The van der Waals surface area contributed by atoms with Crippen molar-refractivity contribution in [2.45, 2.75) is 148 Å². The molecule has 7 amide bonds. The number of nitrogens with one attached hydrogen (secondary N) is 7. The van der Waals surface area contributed by atoms with E-state index in [1.165, 1.54) is 29.9 Å². The number of primary amides is 1. The smallest absolute Gasteiger partial charge is 0.408 e. The van der Waals surface area contributed by atoms with E-state index in [1.54, 1.807) is 45.0 Å². The van der Waals surface area contributed by atoms with Gasteiger partial charge in [-0.25, -0.2) is 14.8 Å². The van der Waals surface area contributed by atoms with Crippen LogP contribution in [0.4, 0.5) is 4.79 Å². The number of benzene rings is 1. The van der Waals surface area contributed by atoms with E-state index in [-0.39, 0.29) is 50.5 Å². The maximum atomic E-state index is 14.4. The van der Waals surface area contributed by atoms with Crippen molar-refractivity contribution in [3.63, 3.8) is 0 Å². The summed E-state index contributed by atoms with van der Waals surface area (Å²) in [5, 5.41) is 25.1. The number of H-pyrrole nitrogens is 2. The highest BCUT2D eigenvalue weighted by Crippen LogP contribution is 2.21. The minimum Gasteiger partial charge on any atom is -0.444 e. The normalized spacial score (nSPS) is 16.7. The molecule has 356 valence electrons. The first-order chi connectivity index (χ1) is 30.7. The van der Waals surface area contributed by atoms with Crippen LogP contribution >= 0.6 is 0 Å². The lowest BCUT2D eigenvalue weighted by atomic mass is 9.96. The summed E-state index contributed by atoms with van der Waals surface area (Å²) in [4.78, 5) is 110. The Bertz CT molecular complexity index is 2020. The first-order valence-corrected chi connectivity index (χ1v) is 22.1. The van der Waals surface area contributed by atoms with Gasteiger partial charge in [-0.05, 0) is 63.9 Å². The van der Waals surface area contributed by atoms with Gasteiger partial charge in [0.05, 0.1) is 31.2 Å². The number of amides is 7. The lowest BCUT2D eigenvalue weighted by molar-refractivity contribution is -0.141. The van der Waals surface area contributed by atoms with Gasteiger partial charge in [0.25, 0.3) is 0 Å². The van der Waals surface area contributed by atoms with E-state index in [1.807, 2.05) is 33.8 Å². The standard InChI is InChI=1S/C45H67N11O9/c1-26(2)16-31(37(57)21-38(58)51-32(39(46)59)17-27(3)4)52-41(61)34(19-29-22-47-24-49-29)53-40(60)33(18-28-12-9-8-10-13-28)54-42(62)36-14-11-15-56(36)43(63)35(20-30-23-48-25-50-30)55-44(64)65-45(5,6)7/h8-10,12-13,22-27,31-37,57H,11,14-21H2,1-7H3,(H2,46,59)(H,47,49)(H,48,50)(H,51,58)(H,52,61)(H,53,60)(H,54,62)(H,55,64)/t31-,32-,33-,34-,35-,36-,37-/m0/s1. The number of carbonyl (C=O) groups excluding carboxylic acids is 7. The van der Waals surface area contributed by atoms with Crippen LogP contribution in [0.25, 0.3) is 0 Å². The number of likely N-dealkylation sites (tertiary alicyclic amines) is 1. The first kappa shape index (κ1) is 51.3. The summed E-state index contributed by atoms with van der Waals surface area (Å²) in [7, 11) is 0. The molecule has 0 aliphatic carbocycles. The number of ether oxygens (including phenoxy) is 1. The number of hydrogen-bond donors (Lipinski definition) is 9. The number of hydrogen-bond acceptors (Lipinski definition) is 11. The molecule has 0 unspecified atom stereocenters. The Balaban J connectivity index is 1.56. The summed E-state index contributed by atoms with van der Waals surface area (Å²) in [6.45, 7) is 12.8. The Kier molecular flexibility index (Phi) is 19.0. The van der Waals surface area contributed by atoms with Crippen LogP contribution in [-0.4, -0.2) is 126 Å². The molecule has 7 atom stereocenters. The monoisotopic (exact) mass is 906 g/mol. The number of nitrogens with two attached hydrogens (primary N) is 1. The molecular formula is C45H67N11O9. The van der Waals surface area contributed by atoms with Crippen molar-refractivity contribution < 1.29 is 43.4 Å². The summed E-state index contributed by atoms with van der Waals surface area (Å²) in [6.07, 6.45) is 4.59. The fourth-order valence-corrected chi connectivity index (χ4v) is 7.60. The SMILES string of the molecule is CC(C)C[C@H](NC(=O)C[C@H](O)[C@H](CC(C)C)NC(=O)[C@H](Cc1cnc[nH]1)NC(=O)[C@H](Cc1ccccc1)NC(=O)[C@@H]1CCCN1C(=O)[C@H](Cc1cnc[nH]1)NC(=O)OC(C)(C)C)C(N)=O. The highest BCUT2D eigenvalue weighted by atomic mass is 16.6. The van der Waals surface area contributed by atoms with Gasteiger partial charge in [0.2, 0.25) is 35.4 Å². The van der Waals surface area contributed by atoms with Crippen molar-refractivity contribution in [2.75, 3.05) is 6.54 Å². The second-order valence-corrected chi connectivity index (χ2v) is 18.4. The largest absolute Gasteiger partial charge is 0.444 e. The van der Waals surface area contributed by atoms with E-state index in [4.69, 9.17) is 10.5 Å². The third-order valence-corrected chi connectivity index (χ3v) is 10.6.